The highest BCUT2D eigenvalue weighted by Gasteiger charge is 2.22. The van der Waals surface area contributed by atoms with E-state index < -0.39 is 0 Å². The SMILES string of the molecule is CC(C)C1=CC=C(O)C(C(C)C)C1. The molecule has 1 aliphatic rings. The average molecular weight is 180 g/mol. The van der Waals surface area contributed by atoms with E-state index in [1.807, 2.05) is 6.08 Å². The van der Waals surface area contributed by atoms with Crippen LogP contribution in [-0.2, 0) is 0 Å². The smallest absolute Gasteiger partial charge is 0.0959 e. The summed E-state index contributed by atoms with van der Waals surface area (Å²) in [5.74, 6) is 2.02. The molecule has 0 aromatic rings. The van der Waals surface area contributed by atoms with E-state index in [1.54, 1.807) is 0 Å². The lowest BCUT2D eigenvalue weighted by atomic mass is 9.81. The van der Waals surface area contributed by atoms with Crippen molar-refractivity contribution in [2.45, 2.75) is 34.1 Å². The van der Waals surface area contributed by atoms with E-state index >= 15 is 0 Å². The van der Waals surface area contributed by atoms with Crippen molar-refractivity contribution < 1.29 is 5.11 Å². The van der Waals surface area contributed by atoms with Crippen molar-refractivity contribution in [3.8, 4) is 0 Å². The zero-order valence-electron chi connectivity index (χ0n) is 9.04. The number of allylic oxidation sites excluding steroid dienone is 4. The molecule has 13 heavy (non-hydrogen) atoms. The van der Waals surface area contributed by atoms with E-state index in [-0.39, 0.29) is 0 Å². The summed E-state index contributed by atoms with van der Waals surface area (Å²) in [7, 11) is 0. The van der Waals surface area contributed by atoms with E-state index in [0.717, 1.165) is 6.42 Å². The molecule has 1 heteroatoms. The number of rotatable bonds is 2. The Morgan fingerprint density at radius 2 is 1.85 bits per heavy atom. The lowest BCUT2D eigenvalue weighted by Gasteiger charge is -2.26. The van der Waals surface area contributed by atoms with Crippen molar-refractivity contribution in [2.24, 2.45) is 17.8 Å². The average Bonchev–Trinajstić information content (AvgIpc) is 2.04. The third kappa shape index (κ3) is 2.36. The van der Waals surface area contributed by atoms with Gasteiger partial charge in [0.1, 0.15) is 0 Å². The third-order valence-corrected chi connectivity index (χ3v) is 2.85. The highest BCUT2D eigenvalue weighted by molar-refractivity contribution is 5.24. The molecule has 0 amide bonds. The van der Waals surface area contributed by atoms with Gasteiger partial charge in [-0.25, -0.2) is 0 Å². The fraction of sp³-hybridized carbons (Fsp3) is 0.667. The molecular weight excluding hydrogens is 160 g/mol. The standard InChI is InChI=1S/C12H20O/c1-8(2)10-5-6-12(13)11(7-10)9(3)4/h5-6,8-9,11,13H,7H2,1-4H3. The predicted molar refractivity (Wildman–Crippen MR) is 56.6 cm³/mol. The van der Waals surface area contributed by atoms with Crippen LogP contribution in [0.15, 0.2) is 23.5 Å². The maximum Gasteiger partial charge on any atom is 0.0959 e. The Morgan fingerprint density at radius 3 is 2.31 bits per heavy atom. The number of aliphatic hydroxyl groups is 1. The normalized spacial score (nSPS) is 23.4. The van der Waals surface area contributed by atoms with Crippen molar-refractivity contribution in [3.05, 3.63) is 23.5 Å². The van der Waals surface area contributed by atoms with Crippen LogP contribution in [0.5, 0.6) is 0 Å². The van der Waals surface area contributed by atoms with E-state index in [9.17, 15) is 5.11 Å². The highest BCUT2D eigenvalue weighted by Crippen LogP contribution is 2.32. The van der Waals surface area contributed by atoms with Gasteiger partial charge in [0.15, 0.2) is 0 Å². The molecule has 0 saturated carbocycles. The van der Waals surface area contributed by atoms with Crippen LogP contribution in [-0.4, -0.2) is 5.11 Å². The minimum atomic E-state index is 0.336. The summed E-state index contributed by atoms with van der Waals surface area (Å²) < 4.78 is 0. The topological polar surface area (TPSA) is 20.2 Å². The molecule has 1 unspecified atom stereocenters. The summed E-state index contributed by atoms with van der Waals surface area (Å²) in [5.41, 5.74) is 1.46. The quantitative estimate of drug-likeness (QED) is 0.687. The molecule has 0 radical (unpaired) electrons. The number of aliphatic hydroxyl groups excluding tert-OH is 1. The van der Waals surface area contributed by atoms with Crippen molar-refractivity contribution in [3.63, 3.8) is 0 Å². The van der Waals surface area contributed by atoms with Gasteiger partial charge in [0.2, 0.25) is 0 Å². The summed E-state index contributed by atoms with van der Waals surface area (Å²) in [5, 5.41) is 9.66. The minimum Gasteiger partial charge on any atom is -0.512 e. The van der Waals surface area contributed by atoms with Gasteiger partial charge in [-0.15, -0.1) is 0 Å². The van der Waals surface area contributed by atoms with Crippen molar-refractivity contribution in [1.82, 2.24) is 0 Å². The molecule has 0 aromatic heterocycles. The summed E-state index contributed by atoms with van der Waals surface area (Å²) >= 11 is 0. The Labute approximate surface area is 81.2 Å². The monoisotopic (exact) mass is 180 g/mol. The van der Waals surface area contributed by atoms with Crippen LogP contribution in [0, 0.1) is 17.8 Å². The fourth-order valence-electron chi connectivity index (χ4n) is 1.75. The molecule has 0 bridgehead atoms. The molecule has 1 N–H and O–H groups in total. The summed E-state index contributed by atoms with van der Waals surface area (Å²) in [4.78, 5) is 0. The zero-order chi connectivity index (χ0) is 10.0. The largest absolute Gasteiger partial charge is 0.512 e. The van der Waals surface area contributed by atoms with Crippen LogP contribution in [0.2, 0.25) is 0 Å². The van der Waals surface area contributed by atoms with Gasteiger partial charge < -0.3 is 5.11 Å². The van der Waals surface area contributed by atoms with Crippen LogP contribution in [0.3, 0.4) is 0 Å². The Morgan fingerprint density at radius 1 is 1.23 bits per heavy atom. The second-order valence-electron chi connectivity index (χ2n) is 4.54. The maximum absolute atomic E-state index is 9.66. The first-order valence-electron chi connectivity index (χ1n) is 5.12. The van der Waals surface area contributed by atoms with Gasteiger partial charge in [-0.3, -0.25) is 0 Å². The molecule has 0 aliphatic heterocycles. The van der Waals surface area contributed by atoms with Crippen LogP contribution in [0.25, 0.3) is 0 Å². The molecule has 1 atom stereocenters. The highest BCUT2D eigenvalue weighted by atomic mass is 16.3. The van der Waals surface area contributed by atoms with Crippen molar-refractivity contribution >= 4 is 0 Å². The molecule has 0 saturated heterocycles. The molecule has 0 spiro atoms. The first kappa shape index (κ1) is 10.4. The Kier molecular flexibility index (Phi) is 3.18. The van der Waals surface area contributed by atoms with Crippen LogP contribution in [0.1, 0.15) is 34.1 Å². The van der Waals surface area contributed by atoms with E-state index in [2.05, 4.69) is 33.8 Å². The summed E-state index contributed by atoms with van der Waals surface area (Å²) in [6.07, 6.45) is 4.96. The Balaban J connectivity index is 2.77. The predicted octanol–water partition coefficient (Wildman–Crippen LogP) is 3.69. The van der Waals surface area contributed by atoms with Gasteiger partial charge in [0.05, 0.1) is 5.76 Å². The van der Waals surface area contributed by atoms with Crippen LogP contribution in [0.4, 0.5) is 0 Å². The minimum absolute atomic E-state index is 0.336. The molecule has 1 aliphatic carbocycles. The van der Waals surface area contributed by atoms with Gasteiger partial charge in [-0.1, -0.05) is 39.3 Å². The Bertz CT molecular complexity index is 234. The lowest BCUT2D eigenvalue weighted by molar-refractivity contribution is 0.272. The molecule has 1 nitrogen and oxygen atoms in total. The van der Waals surface area contributed by atoms with Gasteiger partial charge in [0.25, 0.3) is 0 Å². The first-order chi connectivity index (χ1) is 6.02. The van der Waals surface area contributed by atoms with Crippen molar-refractivity contribution in [2.75, 3.05) is 0 Å². The molecule has 0 aromatic carbocycles. The maximum atomic E-state index is 9.66. The van der Waals surface area contributed by atoms with Gasteiger partial charge in [-0.05, 0) is 24.3 Å². The summed E-state index contributed by atoms with van der Waals surface area (Å²) in [6, 6.07) is 0. The van der Waals surface area contributed by atoms with Gasteiger partial charge in [0, 0.05) is 5.92 Å². The zero-order valence-corrected chi connectivity index (χ0v) is 9.04. The van der Waals surface area contributed by atoms with Gasteiger partial charge in [-0.2, -0.15) is 0 Å². The number of hydrogen-bond donors (Lipinski definition) is 1. The molecule has 74 valence electrons. The van der Waals surface area contributed by atoms with E-state index in [1.165, 1.54) is 5.57 Å². The van der Waals surface area contributed by atoms with Crippen molar-refractivity contribution in [1.29, 1.82) is 0 Å². The summed E-state index contributed by atoms with van der Waals surface area (Å²) in [6.45, 7) is 8.74. The second-order valence-corrected chi connectivity index (χ2v) is 4.54. The molecule has 0 heterocycles. The molecule has 1 rings (SSSR count). The van der Waals surface area contributed by atoms with Crippen LogP contribution >= 0.6 is 0 Å². The molecular formula is C12H20O. The second kappa shape index (κ2) is 3.99. The van der Waals surface area contributed by atoms with E-state index in [0.29, 0.717) is 23.5 Å². The van der Waals surface area contributed by atoms with Gasteiger partial charge >= 0.3 is 0 Å². The fourth-order valence-corrected chi connectivity index (χ4v) is 1.75. The third-order valence-electron chi connectivity index (χ3n) is 2.85. The van der Waals surface area contributed by atoms with Crippen LogP contribution < -0.4 is 0 Å². The molecule has 0 fully saturated rings. The number of hydrogen-bond acceptors (Lipinski definition) is 1. The lowest BCUT2D eigenvalue weighted by Crippen LogP contribution is -2.16. The first-order valence-corrected chi connectivity index (χ1v) is 5.12. The van der Waals surface area contributed by atoms with E-state index in [4.69, 9.17) is 0 Å². The Hall–Kier alpha value is -0.720.